The van der Waals surface area contributed by atoms with E-state index in [1.165, 1.54) is 0 Å². The summed E-state index contributed by atoms with van der Waals surface area (Å²) in [6, 6.07) is 9.67. The number of hydrogen-bond acceptors (Lipinski definition) is 3. The van der Waals surface area contributed by atoms with Gasteiger partial charge in [0.05, 0.1) is 17.0 Å². The number of likely N-dealkylation sites (tertiary alicyclic amines) is 1. The van der Waals surface area contributed by atoms with Gasteiger partial charge in [-0.15, -0.1) is 0 Å². The molecule has 1 aromatic rings. The highest BCUT2D eigenvalue weighted by atomic mass is 16.4. The predicted octanol–water partition coefficient (Wildman–Crippen LogP) is 2.24. The number of nitriles is 1. The molecule has 100 valence electrons. The third-order valence-corrected chi connectivity index (χ3v) is 3.97. The van der Waals surface area contributed by atoms with Gasteiger partial charge in [0.1, 0.15) is 0 Å². The molecule has 1 N–H and O–H groups in total. The maximum Gasteiger partial charge on any atom is 0.309 e. The molecule has 0 bridgehead atoms. The standard InChI is InChI=1S/C15H18N2O2/c1-15(14(18)19)6-8-17(9-7-15)11-13-4-2-12(10-16)3-5-13/h2-5H,6-9,11H2,1H3,(H,18,19). The Bertz CT molecular complexity index is 494. The molecular formula is C15H18N2O2. The topological polar surface area (TPSA) is 64.3 Å². The van der Waals surface area contributed by atoms with Gasteiger partial charge in [0.2, 0.25) is 0 Å². The van der Waals surface area contributed by atoms with E-state index in [0.29, 0.717) is 18.4 Å². The number of hydrogen-bond donors (Lipinski definition) is 1. The summed E-state index contributed by atoms with van der Waals surface area (Å²) in [4.78, 5) is 13.4. The van der Waals surface area contributed by atoms with Gasteiger partial charge in [0.15, 0.2) is 0 Å². The zero-order chi connectivity index (χ0) is 13.9. The van der Waals surface area contributed by atoms with Crippen LogP contribution in [0, 0.1) is 16.7 Å². The van der Waals surface area contributed by atoms with Crippen LogP contribution in [0.2, 0.25) is 0 Å². The predicted molar refractivity (Wildman–Crippen MR) is 71.4 cm³/mol. The number of aliphatic carboxylic acids is 1. The second kappa shape index (κ2) is 5.41. The lowest BCUT2D eigenvalue weighted by Crippen LogP contribution is -2.42. The van der Waals surface area contributed by atoms with Crippen LogP contribution in [-0.2, 0) is 11.3 Å². The minimum Gasteiger partial charge on any atom is -0.481 e. The molecule has 0 saturated carbocycles. The quantitative estimate of drug-likeness (QED) is 0.903. The molecule has 2 rings (SSSR count). The number of carboxylic acids is 1. The van der Waals surface area contributed by atoms with Crippen LogP contribution in [-0.4, -0.2) is 29.1 Å². The zero-order valence-corrected chi connectivity index (χ0v) is 11.1. The van der Waals surface area contributed by atoms with Crippen LogP contribution >= 0.6 is 0 Å². The number of rotatable bonds is 3. The first-order valence-corrected chi connectivity index (χ1v) is 6.48. The zero-order valence-electron chi connectivity index (χ0n) is 11.1. The SMILES string of the molecule is CC1(C(=O)O)CCN(Cc2ccc(C#N)cc2)CC1. The van der Waals surface area contributed by atoms with Crippen molar-refractivity contribution in [2.75, 3.05) is 13.1 Å². The third kappa shape index (κ3) is 3.12. The molecule has 0 radical (unpaired) electrons. The van der Waals surface area contributed by atoms with Crippen LogP contribution < -0.4 is 0 Å². The van der Waals surface area contributed by atoms with Gasteiger partial charge in [-0.2, -0.15) is 5.26 Å². The average molecular weight is 258 g/mol. The number of carboxylic acid groups (broad SMARTS) is 1. The lowest BCUT2D eigenvalue weighted by molar-refractivity contribution is -0.150. The Morgan fingerprint density at radius 1 is 1.37 bits per heavy atom. The van der Waals surface area contributed by atoms with Crippen molar-refractivity contribution in [3.8, 4) is 6.07 Å². The van der Waals surface area contributed by atoms with E-state index >= 15 is 0 Å². The molecule has 1 aromatic carbocycles. The summed E-state index contributed by atoms with van der Waals surface area (Å²) < 4.78 is 0. The molecule has 1 heterocycles. The summed E-state index contributed by atoms with van der Waals surface area (Å²) in [5, 5.41) is 17.9. The van der Waals surface area contributed by atoms with Gasteiger partial charge in [0, 0.05) is 6.54 Å². The van der Waals surface area contributed by atoms with E-state index in [-0.39, 0.29) is 0 Å². The number of piperidine rings is 1. The fourth-order valence-corrected chi connectivity index (χ4v) is 2.36. The van der Waals surface area contributed by atoms with Crippen molar-refractivity contribution >= 4 is 5.97 Å². The van der Waals surface area contributed by atoms with Crippen molar-refractivity contribution in [1.82, 2.24) is 4.90 Å². The van der Waals surface area contributed by atoms with Crippen molar-refractivity contribution in [2.24, 2.45) is 5.41 Å². The molecule has 4 heteroatoms. The fourth-order valence-electron chi connectivity index (χ4n) is 2.36. The summed E-state index contributed by atoms with van der Waals surface area (Å²) in [5.74, 6) is -0.689. The molecule has 1 aliphatic rings. The summed E-state index contributed by atoms with van der Waals surface area (Å²) in [7, 11) is 0. The Balaban J connectivity index is 1.92. The van der Waals surface area contributed by atoms with Crippen molar-refractivity contribution in [3.63, 3.8) is 0 Å². The second-order valence-corrected chi connectivity index (χ2v) is 5.45. The molecule has 0 spiro atoms. The highest BCUT2D eigenvalue weighted by Crippen LogP contribution is 2.31. The van der Waals surface area contributed by atoms with Gasteiger partial charge in [-0.05, 0) is 50.6 Å². The number of carbonyl (C=O) groups is 1. The summed E-state index contributed by atoms with van der Waals surface area (Å²) in [5.41, 5.74) is 1.26. The maximum absolute atomic E-state index is 11.2. The van der Waals surface area contributed by atoms with E-state index in [1.807, 2.05) is 31.2 Å². The molecular weight excluding hydrogens is 240 g/mol. The molecule has 1 aliphatic heterocycles. The maximum atomic E-state index is 11.2. The van der Waals surface area contributed by atoms with Gasteiger partial charge in [-0.3, -0.25) is 9.69 Å². The lowest BCUT2D eigenvalue weighted by Gasteiger charge is -2.36. The van der Waals surface area contributed by atoms with Gasteiger partial charge in [-0.25, -0.2) is 0 Å². The van der Waals surface area contributed by atoms with Crippen LogP contribution in [0.3, 0.4) is 0 Å². The molecule has 0 aromatic heterocycles. The van der Waals surface area contributed by atoms with Crippen LogP contribution in [0.1, 0.15) is 30.9 Å². The smallest absolute Gasteiger partial charge is 0.309 e. The number of nitrogens with zero attached hydrogens (tertiary/aromatic N) is 2. The van der Waals surface area contributed by atoms with E-state index in [2.05, 4.69) is 11.0 Å². The van der Waals surface area contributed by atoms with E-state index < -0.39 is 11.4 Å². The largest absolute Gasteiger partial charge is 0.481 e. The van der Waals surface area contributed by atoms with Crippen molar-refractivity contribution < 1.29 is 9.90 Å². The Labute approximate surface area is 113 Å². The van der Waals surface area contributed by atoms with Gasteiger partial charge >= 0.3 is 5.97 Å². The minimum absolute atomic E-state index is 0.568. The molecule has 1 saturated heterocycles. The Morgan fingerprint density at radius 2 is 1.95 bits per heavy atom. The Kier molecular flexibility index (Phi) is 3.87. The molecule has 0 unspecified atom stereocenters. The second-order valence-electron chi connectivity index (χ2n) is 5.45. The number of benzene rings is 1. The van der Waals surface area contributed by atoms with Crippen LogP contribution in [0.5, 0.6) is 0 Å². The van der Waals surface area contributed by atoms with Crippen molar-refractivity contribution in [3.05, 3.63) is 35.4 Å². The third-order valence-electron chi connectivity index (χ3n) is 3.97. The van der Waals surface area contributed by atoms with Crippen LogP contribution in [0.15, 0.2) is 24.3 Å². The highest BCUT2D eigenvalue weighted by Gasteiger charge is 2.36. The molecule has 19 heavy (non-hydrogen) atoms. The van der Waals surface area contributed by atoms with Gasteiger partial charge < -0.3 is 5.11 Å². The summed E-state index contributed by atoms with van der Waals surface area (Å²) in [6.45, 7) is 4.27. The van der Waals surface area contributed by atoms with Crippen molar-refractivity contribution in [1.29, 1.82) is 5.26 Å². The van der Waals surface area contributed by atoms with Crippen LogP contribution in [0.25, 0.3) is 0 Å². The molecule has 0 amide bonds. The average Bonchev–Trinajstić information content (AvgIpc) is 2.42. The first-order chi connectivity index (χ1) is 9.03. The molecule has 1 fully saturated rings. The van der Waals surface area contributed by atoms with E-state index in [0.717, 1.165) is 25.2 Å². The van der Waals surface area contributed by atoms with E-state index in [9.17, 15) is 9.90 Å². The molecule has 4 nitrogen and oxygen atoms in total. The lowest BCUT2D eigenvalue weighted by atomic mass is 9.80. The highest BCUT2D eigenvalue weighted by molar-refractivity contribution is 5.74. The summed E-state index contributed by atoms with van der Waals surface area (Å²) in [6.07, 6.45) is 1.39. The van der Waals surface area contributed by atoms with Gasteiger partial charge in [-0.1, -0.05) is 12.1 Å². The van der Waals surface area contributed by atoms with E-state index in [4.69, 9.17) is 5.26 Å². The Hall–Kier alpha value is -1.86. The normalized spacial score (nSPS) is 18.7. The van der Waals surface area contributed by atoms with Crippen molar-refractivity contribution in [2.45, 2.75) is 26.3 Å². The van der Waals surface area contributed by atoms with Crippen LogP contribution in [0.4, 0.5) is 0 Å². The van der Waals surface area contributed by atoms with E-state index in [1.54, 1.807) is 0 Å². The summed E-state index contributed by atoms with van der Waals surface area (Å²) >= 11 is 0. The minimum atomic E-state index is -0.689. The molecule has 0 atom stereocenters. The fraction of sp³-hybridized carbons (Fsp3) is 0.467. The van der Waals surface area contributed by atoms with Gasteiger partial charge in [0.25, 0.3) is 0 Å². The monoisotopic (exact) mass is 258 g/mol. The first kappa shape index (κ1) is 13.6. The molecule has 0 aliphatic carbocycles. The Morgan fingerprint density at radius 3 is 2.42 bits per heavy atom. The first-order valence-electron chi connectivity index (χ1n) is 6.48.